The van der Waals surface area contributed by atoms with E-state index in [2.05, 4.69) is 31.3 Å². The molecule has 4 aromatic rings. The largest absolute Gasteiger partial charge is 0.364 e. The van der Waals surface area contributed by atoms with E-state index in [1.54, 1.807) is 24.3 Å². The van der Waals surface area contributed by atoms with Gasteiger partial charge in [-0.15, -0.1) is 11.3 Å². The number of nitrogens with zero attached hydrogens (tertiary/aromatic N) is 3. The number of primary amides is 1. The maximum absolute atomic E-state index is 12.7. The molecule has 2 amide bonds. The van der Waals surface area contributed by atoms with Gasteiger partial charge in [0.1, 0.15) is 6.54 Å². The topological polar surface area (TPSA) is 120 Å². The zero-order valence-electron chi connectivity index (χ0n) is 16.3. The van der Waals surface area contributed by atoms with Gasteiger partial charge in [0.05, 0.1) is 11.1 Å². The van der Waals surface area contributed by atoms with E-state index >= 15 is 0 Å². The minimum Gasteiger partial charge on any atom is -0.364 e. The number of nitrogens with one attached hydrogen (secondary N) is 1. The Hall–Kier alpha value is -3.37. The van der Waals surface area contributed by atoms with Crippen molar-refractivity contribution < 1.29 is 9.59 Å². The summed E-state index contributed by atoms with van der Waals surface area (Å²) < 4.78 is 1.90. The fourth-order valence-corrected chi connectivity index (χ4v) is 4.26. The number of carbonyl (C=O) groups is 2. The fourth-order valence-electron chi connectivity index (χ4n) is 3.14. The average molecular weight is 498 g/mol. The molecule has 0 atom stereocenters. The molecule has 2 heterocycles. The second-order valence-electron chi connectivity index (χ2n) is 6.70. The summed E-state index contributed by atoms with van der Waals surface area (Å²) in [5.74, 6) is -1.27. The number of carbonyl (C=O) groups excluding carboxylic acids is 2. The Morgan fingerprint density at radius 1 is 1.13 bits per heavy atom. The van der Waals surface area contributed by atoms with Crippen LogP contribution in [0.4, 0.5) is 5.13 Å². The number of aryl methyl sites for hydroxylation is 1. The molecule has 2 aromatic heterocycles. The number of fused-ring (bicyclic) bond motifs is 1. The van der Waals surface area contributed by atoms with Gasteiger partial charge in [-0.1, -0.05) is 46.3 Å². The number of amides is 2. The highest BCUT2D eigenvalue weighted by Gasteiger charge is 2.17. The molecule has 0 aliphatic carbocycles. The molecule has 0 aliphatic rings. The van der Waals surface area contributed by atoms with Crippen molar-refractivity contribution in [2.45, 2.75) is 13.5 Å². The lowest BCUT2D eigenvalue weighted by Crippen LogP contribution is -2.32. The first kappa shape index (κ1) is 20.9. The first-order valence-electron chi connectivity index (χ1n) is 9.16. The molecule has 156 valence electrons. The zero-order chi connectivity index (χ0) is 22.1. The van der Waals surface area contributed by atoms with E-state index < -0.39 is 17.4 Å². The molecule has 2 aromatic carbocycles. The third kappa shape index (κ3) is 4.25. The Bertz CT molecular complexity index is 1380. The minimum atomic E-state index is -0.778. The molecule has 0 bridgehead atoms. The fraction of sp³-hybridized carbons (Fsp3) is 0.0952. The van der Waals surface area contributed by atoms with Crippen LogP contribution in [0.2, 0.25) is 0 Å². The standard InChI is InChI=1S/C21H16BrN5O3S/c1-11-17(12-6-8-13(22)9-7-12)25-21(31-11)24-16(28)10-27-20(30)15-5-3-2-4-14(15)18(26-27)19(23)29/h2-9H,10H2,1H3,(H2,23,29)(H,24,25,28). The second kappa shape index (κ2) is 8.40. The van der Waals surface area contributed by atoms with Crippen LogP contribution < -0.4 is 16.6 Å². The summed E-state index contributed by atoms with van der Waals surface area (Å²) in [4.78, 5) is 42.5. The van der Waals surface area contributed by atoms with Crippen molar-refractivity contribution in [3.8, 4) is 11.3 Å². The van der Waals surface area contributed by atoms with E-state index in [4.69, 9.17) is 5.73 Å². The van der Waals surface area contributed by atoms with Gasteiger partial charge in [0.25, 0.3) is 11.5 Å². The van der Waals surface area contributed by atoms with Gasteiger partial charge in [-0.3, -0.25) is 14.4 Å². The summed E-state index contributed by atoms with van der Waals surface area (Å²) in [6.07, 6.45) is 0. The van der Waals surface area contributed by atoms with E-state index in [-0.39, 0.29) is 17.6 Å². The lowest BCUT2D eigenvalue weighted by Gasteiger charge is -2.09. The third-order valence-corrected chi connectivity index (χ3v) is 5.97. The molecule has 0 radical (unpaired) electrons. The molecule has 0 spiro atoms. The molecule has 0 saturated carbocycles. The maximum atomic E-state index is 12.7. The van der Waals surface area contributed by atoms with Crippen molar-refractivity contribution in [3.63, 3.8) is 0 Å². The molecule has 10 heteroatoms. The first-order chi connectivity index (χ1) is 14.8. The summed E-state index contributed by atoms with van der Waals surface area (Å²) in [6, 6.07) is 14.2. The summed E-state index contributed by atoms with van der Waals surface area (Å²) in [6.45, 7) is 1.54. The Balaban J connectivity index is 1.60. The monoisotopic (exact) mass is 497 g/mol. The zero-order valence-corrected chi connectivity index (χ0v) is 18.7. The van der Waals surface area contributed by atoms with Crippen molar-refractivity contribution in [2.75, 3.05) is 5.32 Å². The van der Waals surface area contributed by atoms with Crippen LogP contribution in [0.25, 0.3) is 22.0 Å². The molecule has 4 rings (SSSR count). The lowest BCUT2D eigenvalue weighted by atomic mass is 10.1. The van der Waals surface area contributed by atoms with Crippen LogP contribution in [0.1, 0.15) is 15.4 Å². The number of hydrogen-bond donors (Lipinski definition) is 2. The SMILES string of the molecule is Cc1sc(NC(=O)Cn2nc(C(N)=O)c3ccccc3c2=O)nc1-c1ccc(Br)cc1. The van der Waals surface area contributed by atoms with Crippen LogP contribution in [0.15, 0.2) is 57.8 Å². The minimum absolute atomic E-state index is 0.0642. The number of halogens is 1. The van der Waals surface area contributed by atoms with Gasteiger partial charge in [0, 0.05) is 20.3 Å². The number of rotatable bonds is 5. The number of nitrogens with two attached hydrogens (primary N) is 1. The van der Waals surface area contributed by atoms with Crippen LogP contribution in [0.3, 0.4) is 0 Å². The highest BCUT2D eigenvalue weighted by Crippen LogP contribution is 2.31. The molecule has 31 heavy (non-hydrogen) atoms. The Labute approximate surface area is 188 Å². The number of thiazole rings is 1. The molecular formula is C21H16BrN5O3S. The van der Waals surface area contributed by atoms with Gasteiger partial charge in [0.15, 0.2) is 10.8 Å². The lowest BCUT2D eigenvalue weighted by molar-refractivity contribution is -0.117. The average Bonchev–Trinajstić information content (AvgIpc) is 3.10. The van der Waals surface area contributed by atoms with Gasteiger partial charge < -0.3 is 11.1 Å². The van der Waals surface area contributed by atoms with E-state index in [1.165, 1.54) is 11.3 Å². The normalized spacial score (nSPS) is 10.9. The van der Waals surface area contributed by atoms with Crippen molar-refractivity contribution in [1.29, 1.82) is 0 Å². The van der Waals surface area contributed by atoms with E-state index in [9.17, 15) is 14.4 Å². The summed E-state index contributed by atoms with van der Waals surface area (Å²) in [5, 5.41) is 7.73. The van der Waals surface area contributed by atoms with Crippen molar-refractivity contribution in [3.05, 3.63) is 73.9 Å². The van der Waals surface area contributed by atoms with Gasteiger partial charge >= 0.3 is 0 Å². The maximum Gasteiger partial charge on any atom is 0.275 e. The summed E-state index contributed by atoms with van der Waals surface area (Å²) >= 11 is 4.73. The molecule has 0 saturated heterocycles. The molecule has 0 aliphatic heterocycles. The number of anilines is 1. The number of aromatic nitrogens is 3. The third-order valence-electron chi connectivity index (χ3n) is 4.56. The highest BCUT2D eigenvalue weighted by molar-refractivity contribution is 9.10. The van der Waals surface area contributed by atoms with Crippen molar-refractivity contribution >= 4 is 55.0 Å². The van der Waals surface area contributed by atoms with Crippen molar-refractivity contribution in [2.24, 2.45) is 5.73 Å². The van der Waals surface area contributed by atoms with Crippen LogP contribution in [0, 0.1) is 6.92 Å². The van der Waals surface area contributed by atoms with Crippen LogP contribution >= 0.6 is 27.3 Å². The smallest absolute Gasteiger partial charge is 0.275 e. The molecule has 0 fully saturated rings. The van der Waals surface area contributed by atoms with Gasteiger partial charge in [-0.25, -0.2) is 9.67 Å². The molecule has 3 N–H and O–H groups in total. The first-order valence-corrected chi connectivity index (χ1v) is 10.8. The highest BCUT2D eigenvalue weighted by atomic mass is 79.9. The molecule has 0 unspecified atom stereocenters. The predicted octanol–water partition coefficient (Wildman–Crippen LogP) is 3.33. The van der Waals surface area contributed by atoms with Crippen LogP contribution in [0.5, 0.6) is 0 Å². The molecule has 8 nitrogen and oxygen atoms in total. The Morgan fingerprint density at radius 3 is 2.48 bits per heavy atom. The second-order valence-corrected chi connectivity index (χ2v) is 8.82. The number of hydrogen-bond acceptors (Lipinski definition) is 6. The van der Waals surface area contributed by atoms with Crippen LogP contribution in [-0.2, 0) is 11.3 Å². The van der Waals surface area contributed by atoms with Gasteiger partial charge in [-0.05, 0) is 25.1 Å². The van der Waals surface area contributed by atoms with Crippen molar-refractivity contribution in [1.82, 2.24) is 14.8 Å². The summed E-state index contributed by atoms with van der Waals surface area (Å²) in [7, 11) is 0. The van der Waals surface area contributed by atoms with E-state index in [0.29, 0.717) is 10.5 Å². The molecular weight excluding hydrogens is 482 g/mol. The Kier molecular flexibility index (Phi) is 5.66. The quantitative estimate of drug-likeness (QED) is 0.438. The van der Waals surface area contributed by atoms with Gasteiger partial charge in [-0.2, -0.15) is 5.10 Å². The summed E-state index contributed by atoms with van der Waals surface area (Å²) in [5.41, 5.74) is 6.55. The van der Waals surface area contributed by atoms with E-state index in [0.717, 1.165) is 25.3 Å². The van der Waals surface area contributed by atoms with Crippen LogP contribution in [-0.4, -0.2) is 26.6 Å². The predicted molar refractivity (Wildman–Crippen MR) is 123 cm³/mol. The van der Waals surface area contributed by atoms with E-state index in [1.807, 2.05) is 31.2 Å². The Morgan fingerprint density at radius 2 is 1.81 bits per heavy atom. The van der Waals surface area contributed by atoms with Gasteiger partial charge in [0.2, 0.25) is 5.91 Å². The number of benzene rings is 2.